The van der Waals surface area contributed by atoms with Crippen molar-refractivity contribution in [3.05, 3.63) is 52.5 Å². The molecule has 1 fully saturated rings. The van der Waals surface area contributed by atoms with Gasteiger partial charge in [0.1, 0.15) is 0 Å². The van der Waals surface area contributed by atoms with Gasteiger partial charge in [-0.2, -0.15) is 0 Å². The zero-order chi connectivity index (χ0) is 12.9. The maximum absolute atomic E-state index is 4.18. The average molecular weight is 273 g/mol. The van der Waals surface area contributed by atoms with Crippen molar-refractivity contribution in [1.82, 2.24) is 14.8 Å². The molecule has 0 spiro atoms. The van der Waals surface area contributed by atoms with Crippen LogP contribution in [-0.2, 0) is 13.1 Å². The highest BCUT2D eigenvalue weighted by Crippen LogP contribution is 2.14. The lowest BCUT2D eigenvalue weighted by molar-refractivity contribution is 0.122. The number of hydrogen-bond acceptors (Lipinski definition) is 4. The minimum atomic E-state index is 1.03. The van der Waals surface area contributed by atoms with Crippen LogP contribution in [0, 0.1) is 0 Å². The molecule has 2 aromatic heterocycles. The Bertz CT molecular complexity index is 475. The lowest BCUT2D eigenvalue weighted by Crippen LogP contribution is -2.45. The molecule has 0 amide bonds. The van der Waals surface area contributed by atoms with Crippen LogP contribution in [-0.4, -0.2) is 41.0 Å². The third-order valence-electron chi connectivity index (χ3n) is 3.55. The van der Waals surface area contributed by atoms with E-state index in [0.29, 0.717) is 0 Å². The standard InChI is InChI=1S/C15H19N3S/c1-3-14(11-16-5-1)12-17-6-8-18(9-7-17)13-15-4-2-10-19-15/h1-5,10-11H,6-9,12-13H2. The van der Waals surface area contributed by atoms with Crippen LogP contribution in [0.2, 0.25) is 0 Å². The van der Waals surface area contributed by atoms with Crippen LogP contribution in [0.1, 0.15) is 10.4 Å². The summed E-state index contributed by atoms with van der Waals surface area (Å²) in [5, 5.41) is 2.16. The fourth-order valence-electron chi connectivity index (χ4n) is 2.48. The highest BCUT2D eigenvalue weighted by Gasteiger charge is 2.17. The van der Waals surface area contributed by atoms with E-state index in [9.17, 15) is 0 Å². The molecule has 1 aliphatic heterocycles. The van der Waals surface area contributed by atoms with Gasteiger partial charge < -0.3 is 0 Å². The predicted octanol–water partition coefficient (Wildman–Crippen LogP) is 2.46. The molecule has 100 valence electrons. The van der Waals surface area contributed by atoms with E-state index in [1.54, 1.807) is 0 Å². The monoisotopic (exact) mass is 273 g/mol. The minimum Gasteiger partial charge on any atom is -0.296 e. The lowest BCUT2D eigenvalue weighted by atomic mass is 10.2. The van der Waals surface area contributed by atoms with E-state index in [2.05, 4.69) is 38.4 Å². The van der Waals surface area contributed by atoms with Crippen molar-refractivity contribution in [2.75, 3.05) is 26.2 Å². The zero-order valence-electron chi connectivity index (χ0n) is 11.0. The molecule has 1 saturated heterocycles. The van der Waals surface area contributed by atoms with E-state index in [0.717, 1.165) is 39.3 Å². The van der Waals surface area contributed by atoms with Crippen LogP contribution in [0.3, 0.4) is 0 Å². The molecule has 0 unspecified atom stereocenters. The molecule has 1 aliphatic rings. The Morgan fingerprint density at radius 1 is 1.00 bits per heavy atom. The van der Waals surface area contributed by atoms with Gasteiger partial charge in [0.15, 0.2) is 0 Å². The Morgan fingerprint density at radius 3 is 2.42 bits per heavy atom. The van der Waals surface area contributed by atoms with Crippen LogP contribution in [0.25, 0.3) is 0 Å². The largest absolute Gasteiger partial charge is 0.296 e. The van der Waals surface area contributed by atoms with Gasteiger partial charge in [-0.25, -0.2) is 0 Å². The van der Waals surface area contributed by atoms with Gasteiger partial charge in [-0.3, -0.25) is 14.8 Å². The van der Waals surface area contributed by atoms with Gasteiger partial charge >= 0.3 is 0 Å². The van der Waals surface area contributed by atoms with E-state index in [1.165, 1.54) is 10.4 Å². The van der Waals surface area contributed by atoms with E-state index < -0.39 is 0 Å². The summed E-state index contributed by atoms with van der Waals surface area (Å²) >= 11 is 1.86. The third-order valence-corrected chi connectivity index (χ3v) is 4.41. The van der Waals surface area contributed by atoms with Crippen LogP contribution >= 0.6 is 11.3 Å². The number of thiophene rings is 1. The first-order valence-corrected chi connectivity index (χ1v) is 7.64. The van der Waals surface area contributed by atoms with Crippen LogP contribution in [0.4, 0.5) is 0 Å². The number of nitrogens with zero attached hydrogens (tertiary/aromatic N) is 3. The van der Waals surface area contributed by atoms with E-state index >= 15 is 0 Å². The third kappa shape index (κ3) is 3.62. The Labute approximate surface area is 118 Å². The molecule has 0 aromatic carbocycles. The van der Waals surface area contributed by atoms with Gasteiger partial charge in [-0.1, -0.05) is 12.1 Å². The maximum Gasteiger partial charge on any atom is 0.0328 e. The summed E-state index contributed by atoms with van der Waals surface area (Å²) < 4.78 is 0. The van der Waals surface area contributed by atoms with E-state index in [1.807, 2.05) is 29.8 Å². The van der Waals surface area contributed by atoms with Gasteiger partial charge in [0, 0.05) is 56.5 Å². The van der Waals surface area contributed by atoms with E-state index in [-0.39, 0.29) is 0 Å². The molecule has 0 bridgehead atoms. The summed E-state index contributed by atoms with van der Waals surface area (Å²) in [6.45, 7) is 6.77. The van der Waals surface area contributed by atoms with Crippen molar-refractivity contribution < 1.29 is 0 Å². The quantitative estimate of drug-likeness (QED) is 0.853. The van der Waals surface area contributed by atoms with Crippen molar-refractivity contribution in [1.29, 1.82) is 0 Å². The summed E-state index contributed by atoms with van der Waals surface area (Å²) in [4.78, 5) is 10.7. The molecule has 3 nitrogen and oxygen atoms in total. The summed E-state index contributed by atoms with van der Waals surface area (Å²) in [6, 6.07) is 8.54. The van der Waals surface area contributed by atoms with Crippen LogP contribution in [0.5, 0.6) is 0 Å². The number of hydrogen-bond donors (Lipinski definition) is 0. The maximum atomic E-state index is 4.18. The second-order valence-electron chi connectivity index (χ2n) is 4.99. The molecule has 3 rings (SSSR count). The Kier molecular flexibility index (Phi) is 4.23. The lowest BCUT2D eigenvalue weighted by Gasteiger charge is -2.34. The first kappa shape index (κ1) is 12.8. The zero-order valence-corrected chi connectivity index (χ0v) is 11.9. The highest BCUT2D eigenvalue weighted by atomic mass is 32.1. The SMILES string of the molecule is c1cncc(CN2CCN(Cc3cccs3)CC2)c1. The van der Waals surface area contributed by atoms with Gasteiger partial charge in [-0.15, -0.1) is 11.3 Å². The second kappa shape index (κ2) is 6.28. The van der Waals surface area contributed by atoms with Gasteiger partial charge in [0.05, 0.1) is 0 Å². The summed E-state index contributed by atoms with van der Waals surface area (Å²) in [5.74, 6) is 0. The number of pyridine rings is 1. The molecular weight excluding hydrogens is 254 g/mol. The van der Waals surface area contributed by atoms with Crippen molar-refractivity contribution in [3.8, 4) is 0 Å². The van der Waals surface area contributed by atoms with Gasteiger partial charge in [-0.05, 0) is 23.1 Å². The molecule has 19 heavy (non-hydrogen) atoms. The molecule has 0 aliphatic carbocycles. The van der Waals surface area contributed by atoms with Crippen molar-refractivity contribution >= 4 is 11.3 Å². The second-order valence-corrected chi connectivity index (χ2v) is 6.03. The first-order valence-electron chi connectivity index (χ1n) is 6.76. The molecule has 0 radical (unpaired) electrons. The Morgan fingerprint density at radius 2 is 1.79 bits per heavy atom. The Hall–Kier alpha value is -1.23. The number of piperazine rings is 1. The number of rotatable bonds is 4. The summed E-state index contributed by atoms with van der Waals surface area (Å²) in [7, 11) is 0. The van der Waals surface area contributed by atoms with Crippen LogP contribution < -0.4 is 0 Å². The molecule has 0 atom stereocenters. The molecule has 0 N–H and O–H groups in total. The molecular formula is C15H19N3S. The minimum absolute atomic E-state index is 1.03. The van der Waals surface area contributed by atoms with E-state index in [4.69, 9.17) is 0 Å². The average Bonchev–Trinajstić information content (AvgIpc) is 2.95. The van der Waals surface area contributed by atoms with Crippen molar-refractivity contribution in [2.24, 2.45) is 0 Å². The van der Waals surface area contributed by atoms with Crippen LogP contribution in [0.15, 0.2) is 42.0 Å². The highest BCUT2D eigenvalue weighted by molar-refractivity contribution is 7.09. The van der Waals surface area contributed by atoms with Crippen molar-refractivity contribution in [3.63, 3.8) is 0 Å². The molecule has 0 saturated carbocycles. The fraction of sp³-hybridized carbons (Fsp3) is 0.400. The van der Waals surface area contributed by atoms with Gasteiger partial charge in [0.25, 0.3) is 0 Å². The summed E-state index contributed by atoms with van der Waals surface area (Å²) in [6.07, 6.45) is 3.81. The number of aromatic nitrogens is 1. The Balaban J connectivity index is 1.47. The van der Waals surface area contributed by atoms with Gasteiger partial charge in [0.2, 0.25) is 0 Å². The predicted molar refractivity (Wildman–Crippen MR) is 79.1 cm³/mol. The fourth-order valence-corrected chi connectivity index (χ4v) is 3.22. The molecule has 3 heterocycles. The summed E-state index contributed by atoms with van der Waals surface area (Å²) in [5.41, 5.74) is 1.31. The molecule has 4 heteroatoms. The molecule has 2 aromatic rings. The smallest absolute Gasteiger partial charge is 0.0328 e. The first-order chi connectivity index (χ1) is 9.40. The normalized spacial score (nSPS) is 17.7. The topological polar surface area (TPSA) is 19.4 Å². The van der Waals surface area contributed by atoms with Crippen molar-refractivity contribution in [2.45, 2.75) is 13.1 Å².